The van der Waals surface area contributed by atoms with E-state index in [4.69, 9.17) is 18.5 Å². The van der Waals surface area contributed by atoms with E-state index in [1.165, 1.54) is 64.2 Å². The SMILES string of the molecule is CCCC/C=C/CCCCCCCC(=O)O[C@H](COC(=O)CCCCCCCCCCCCC)COP(=O)(O)OCC[N+](C)(C)C. The lowest BCUT2D eigenvalue weighted by atomic mass is 10.1. The zero-order valence-electron chi connectivity index (χ0n) is 30.3. The molecule has 0 heterocycles. The molecule has 0 fully saturated rings. The van der Waals surface area contributed by atoms with Gasteiger partial charge in [0, 0.05) is 12.8 Å². The summed E-state index contributed by atoms with van der Waals surface area (Å²) in [5.74, 6) is -0.809. The van der Waals surface area contributed by atoms with Crippen molar-refractivity contribution in [3.8, 4) is 0 Å². The van der Waals surface area contributed by atoms with Crippen LogP contribution >= 0.6 is 7.82 Å². The van der Waals surface area contributed by atoms with E-state index < -0.39 is 26.5 Å². The van der Waals surface area contributed by atoms with Crippen LogP contribution in [0.1, 0.15) is 155 Å². The molecule has 0 rings (SSSR count). The number of ether oxygens (including phenoxy) is 2. The predicted octanol–water partition coefficient (Wildman–Crippen LogP) is 9.46. The van der Waals surface area contributed by atoms with Crippen LogP contribution in [0.5, 0.6) is 0 Å². The number of likely N-dealkylation sites (N-methyl/N-ethyl adjacent to an activating group) is 1. The first kappa shape index (κ1) is 44.8. The molecule has 46 heavy (non-hydrogen) atoms. The van der Waals surface area contributed by atoms with E-state index in [1.54, 1.807) is 0 Å². The van der Waals surface area contributed by atoms with Crippen LogP contribution in [0.3, 0.4) is 0 Å². The highest BCUT2D eigenvalue weighted by Gasteiger charge is 2.27. The molecular formula is C36H71NO8P+. The molecule has 0 aliphatic rings. The van der Waals surface area contributed by atoms with Crippen molar-refractivity contribution in [1.82, 2.24) is 0 Å². The minimum absolute atomic E-state index is 0.0326. The highest BCUT2D eigenvalue weighted by molar-refractivity contribution is 7.47. The number of rotatable bonds is 33. The number of carbonyl (C=O) groups excluding carboxylic acids is 2. The van der Waals surface area contributed by atoms with Gasteiger partial charge in [-0.2, -0.15) is 0 Å². The van der Waals surface area contributed by atoms with E-state index in [0.29, 0.717) is 23.9 Å². The standard InChI is InChI=1S/C36H70NO8P/c1-6-8-10-12-14-16-18-20-22-24-26-28-35(38)42-32-34(33-44-46(40,41)43-31-30-37(3,4)5)45-36(39)29-27-25-23-21-19-17-15-13-11-9-7-2/h13,15,34H,6-12,14,16-33H2,1-5H3/p+1/b15-13+/t34-/m1/s1. The Morgan fingerprint density at radius 2 is 1.13 bits per heavy atom. The number of unbranched alkanes of at least 4 members (excludes halogenated alkanes) is 17. The molecule has 0 bridgehead atoms. The molecule has 0 aromatic rings. The van der Waals surface area contributed by atoms with Gasteiger partial charge in [0.05, 0.1) is 27.7 Å². The van der Waals surface area contributed by atoms with Crippen LogP contribution in [0.15, 0.2) is 12.2 Å². The Kier molecular flexibility index (Phi) is 29.0. The highest BCUT2D eigenvalue weighted by atomic mass is 31.2. The third-order valence-corrected chi connectivity index (χ3v) is 8.78. The van der Waals surface area contributed by atoms with Crippen molar-refractivity contribution >= 4 is 19.8 Å². The van der Waals surface area contributed by atoms with Crippen LogP contribution < -0.4 is 0 Å². The Bertz CT molecular complexity index is 814. The van der Waals surface area contributed by atoms with Crippen LogP contribution in [0.4, 0.5) is 0 Å². The van der Waals surface area contributed by atoms with Gasteiger partial charge in [0.1, 0.15) is 19.8 Å². The van der Waals surface area contributed by atoms with Crippen molar-refractivity contribution < 1.29 is 42.1 Å². The fraction of sp³-hybridized carbons (Fsp3) is 0.889. The summed E-state index contributed by atoms with van der Waals surface area (Å²) in [7, 11) is 1.47. The first-order chi connectivity index (χ1) is 22.0. The lowest BCUT2D eigenvalue weighted by molar-refractivity contribution is -0.870. The molecule has 0 saturated heterocycles. The van der Waals surface area contributed by atoms with Gasteiger partial charge >= 0.3 is 19.8 Å². The fourth-order valence-electron chi connectivity index (χ4n) is 4.82. The smallest absolute Gasteiger partial charge is 0.462 e. The zero-order valence-corrected chi connectivity index (χ0v) is 31.2. The zero-order chi connectivity index (χ0) is 34.4. The van der Waals surface area contributed by atoms with E-state index in [9.17, 15) is 19.0 Å². The van der Waals surface area contributed by atoms with Gasteiger partial charge in [-0.15, -0.1) is 0 Å². The van der Waals surface area contributed by atoms with E-state index >= 15 is 0 Å². The molecular weight excluding hydrogens is 605 g/mol. The van der Waals surface area contributed by atoms with Crippen molar-refractivity contribution in [2.24, 2.45) is 0 Å². The Hall–Kier alpha value is -1.25. The van der Waals surface area contributed by atoms with E-state index in [0.717, 1.165) is 57.8 Å². The maximum absolute atomic E-state index is 12.6. The van der Waals surface area contributed by atoms with Gasteiger partial charge in [-0.1, -0.05) is 122 Å². The maximum Gasteiger partial charge on any atom is 0.472 e. The predicted molar refractivity (Wildman–Crippen MR) is 188 cm³/mol. The van der Waals surface area contributed by atoms with Crippen LogP contribution in [0.2, 0.25) is 0 Å². The molecule has 0 aliphatic heterocycles. The average molecular weight is 677 g/mol. The Labute approximate surface area is 282 Å². The number of allylic oxidation sites excluding steroid dienone is 2. The Balaban J connectivity index is 4.47. The quantitative estimate of drug-likeness (QED) is 0.0241. The lowest BCUT2D eigenvalue weighted by Crippen LogP contribution is -2.37. The summed E-state index contributed by atoms with van der Waals surface area (Å²) in [4.78, 5) is 35.0. The normalized spacial score (nSPS) is 14.0. The number of phosphoric acid groups is 1. The third kappa shape index (κ3) is 32.7. The molecule has 1 unspecified atom stereocenters. The number of esters is 2. The molecule has 9 nitrogen and oxygen atoms in total. The van der Waals surface area contributed by atoms with Crippen molar-refractivity contribution in [3.05, 3.63) is 12.2 Å². The van der Waals surface area contributed by atoms with E-state index in [2.05, 4.69) is 26.0 Å². The molecule has 0 spiro atoms. The molecule has 0 aliphatic carbocycles. The van der Waals surface area contributed by atoms with Gasteiger partial charge in [-0.25, -0.2) is 4.57 Å². The summed E-state index contributed by atoms with van der Waals surface area (Å²) in [5, 5.41) is 0. The van der Waals surface area contributed by atoms with Crippen molar-refractivity contribution in [1.29, 1.82) is 0 Å². The first-order valence-electron chi connectivity index (χ1n) is 18.4. The highest BCUT2D eigenvalue weighted by Crippen LogP contribution is 2.43. The molecule has 1 N–H and O–H groups in total. The number of hydrogen-bond donors (Lipinski definition) is 1. The second-order valence-corrected chi connectivity index (χ2v) is 15.1. The van der Waals surface area contributed by atoms with Gasteiger partial charge in [-0.05, 0) is 32.1 Å². The molecule has 2 atom stereocenters. The summed E-state index contributed by atoms with van der Waals surface area (Å²) in [6.45, 7) is 4.35. The first-order valence-corrected chi connectivity index (χ1v) is 19.9. The van der Waals surface area contributed by atoms with Gasteiger partial charge in [0.2, 0.25) is 0 Å². The summed E-state index contributed by atoms with van der Waals surface area (Å²) in [6.07, 6.45) is 26.9. The second-order valence-electron chi connectivity index (χ2n) is 13.6. The molecule has 0 saturated carbocycles. The molecule has 0 radical (unpaired) electrons. The van der Waals surface area contributed by atoms with Crippen LogP contribution in [-0.2, 0) is 32.7 Å². The summed E-state index contributed by atoms with van der Waals surface area (Å²) >= 11 is 0. The number of quaternary nitrogens is 1. The molecule has 272 valence electrons. The van der Waals surface area contributed by atoms with Crippen LogP contribution in [0.25, 0.3) is 0 Å². The monoisotopic (exact) mass is 676 g/mol. The van der Waals surface area contributed by atoms with Crippen molar-refractivity contribution in [3.63, 3.8) is 0 Å². The van der Waals surface area contributed by atoms with E-state index in [-0.39, 0.29) is 25.6 Å². The largest absolute Gasteiger partial charge is 0.472 e. The lowest BCUT2D eigenvalue weighted by Gasteiger charge is -2.24. The van der Waals surface area contributed by atoms with Gasteiger partial charge in [0.25, 0.3) is 0 Å². The second kappa shape index (κ2) is 29.9. The topological polar surface area (TPSA) is 108 Å². The van der Waals surface area contributed by atoms with Crippen LogP contribution in [-0.4, -0.2) is 74.9 Å². The Morgan fingerprint density at radius 1 is 0.652 bits per heavy atom. The third-order valence-electron chi connectivity index (χ3n) is 7.80. The Morgan fingerprint density at radius 3 is 1.67 bits per heavy atom. The van der Waals surface area contributed by atoms with Crippen LogP contribution in [0, 0.1) is 0 Å². The van der Waals surface area contributed by atoms with E-state index in [1.807, 2.05) is 21.1 Å². The number of carbonyl (C=O) groups is 2. The van der Waals surface area contributed by atoms with Crippen molar-refractivity contribution in [2.45, 2.75) is 161 Å². The molecule has 0 amide bonds. The maximum atomic E-state index is 12.6. The fourth-order valence-corrected chi connectivity index (χ4v) is 5.56. The summed E-state index contributed by atoms with van der Waals surface area (Å²) < 4.78 is 34.1. The molecule has 0 aromatic heterocycles. The summed E-state index contributed by atoms with van der Waals surface area (Å²) in [5.41, 5.74) is 0. The minimum Gasteiger partial charge on any atom is -0.462 e. The van der Waals surface area contributed by atoms with Gasteiger partial charge in [0.15, 0.2) is 6.10 Å². The summed E-state index contributed by atoms with van der Waals surface area (Å²) in [6, 6.07) is 0. The minimum atomic E-state index is -4.36. The number of phosphoric ester groups is 1. The number of nitrogens with zero attached hydrogens (tertiary/aromatic N) is 1. The van der Waals surface area contributed by atoms with Crippen molar-refractivity contribution in [2.75, 3.05) is 47.5 Å². The van der Waals surface area contributed by atoms with Gasteiger partial charge in [-0.3, -0.25) is 18.6 Å². The van der Waals surface area contributed by atoms with Gasteiger partial charge < -0.3 is 18.9 Å². The molecule has 0 aromatic carbocycles. The number of hydrogen-bond acceptors (Lipinski definition) is 7. The molecule has 10 heteroatoms. The average Bonchev–Trinajstić information content (AvgIpc) is 2.99.